The van der Waals surface area contributed by atoms with Gasteiger partial charge in [-0.05, 0) is 48.6 Å². The molecule has 0 saturated heterocycles. The average Bonchev–Trinajstić information content (AvgIpc) is 3.28. The summed E-state index contributed by atoms with van der Waals surface area (Å²) in [5, 5.41) is 10.5. The fraction of sp³-hybridized carbons (Fsp3) is 0.300. The largest absolute Gasteiger partial charge is 0.490 e. The van der Waals surface area contributed by atoms with Gasteiger partial charge in [0.15, 0.2) is 0 Å². The van der Waals surface area contributed by atoms with Crippen molar-refractivity contribution >= 4 is 33.3 Å². The van der Waals surface area contributed by atoms with E-state index < -0.39 is 12.1 Å². The van der Waals surface area contributed by atoms with Crippen LogP contribution in [0.25, 0.3) is 10.1 Å². The minimum Gasteiger partial charge on any atom is -0.475 e. The minimum absolute atomic E-state index is 0.0188. The number of carbonyl (C=O) groups is 2. The molecule has 0 aliphatic heterocycles. The number of benzene rings is 1. The first-order chi connectivity index (χ1) is 14.0. The molecule has 2 N–H and O–H groups in total. The molecule has 0 radical (unpaired) electrons. The van der Waals surface area contributed by atoms with Crippen LogP contribution in [0.15, 0.2) is 41.8 Å². The summed E-state index contributed by atoms with van der Waals surface area (Å²) >= 11 is 1.72. The molecule has 0 unspecified atom stereocenters. The van der Waals surface area contributed by atoms with Crippen molar-refractivity contribution in [3.05, 3.63) is 58.7 Å². The fourth-order valence-electron chi connectivity index (χ4n) is 2.69. The number of carbonyl (C=O) groups excluding carboxylic acids is 1. The van der Waals surface area contributed by atoms with Gasteiger partial charge < -0.3 is 19.9 Å². The quantitative estimate of drug-likeness (QED) is 0.622. The second kappa shape index (κ2) is 9.77. The Morgan fingerprint density at radius 1 is 1.07 bits per heavy atom. The van der Waals surface area contributed by atoms with Crippen LogP contribution < -0.4 is 0 Å². The number of thiophene rings is 1. The molecule has 162 valence electrons. The Kier molecular flexibility index (Phi) is 7.63. The van der Waals surface area contributed by atoms with Crippen LogP contribution in [0.3, 0.4) is 0 Å². The number of alkyl halides is 3. The maximum absolute atomic E-state index is 12.6. The number of H-pyrrole nitrogens is 1. The van der Waals surface area contributed by atoms with Crippen molar-refractivity contribution in [3.8, 4) is 0 Å². The lowest BCUT2D eigenvalue weighted by Gasteiger charge is -2.16. The van der Waals surface area contributed by atoms with Crippen molar-refractivity contribution in [1.29, 1.82) is 0 Å². The molecule has 2 heterocycles. The monoisotopic (exact) mass is 441 g/mol. The third-order valence-electron chi connectivity index (χ3n) is 4.02. The van der Waals surface area contributed by atoms with Crippen LogP contribution in [0.5, 0.6) is 0 Å². The predicted molar refractivity (Wildman–Crippen MR) is 109 cm³/mol. The van der Waals surface area contributed by atoms with E-state index in [9.17, 15) is 18.0 Å². The lowest BCUT2D eigenvalue weighted by molar-refractivity contribution is -0.192. The van der Waals surface area contributed by atoms with E-state index in [4.69, 9.17) is 9.90 Å². The van der Waals surface area contributed by atoms with Gasteiger partial charge in [-0.25, -0.2) is 4.79 Å². The molecule has 3 rings (SSSR count). The number of carboxylic acid groups (broad SMARTS) is 1. The summed E-state index contributed by atoms with van der Waals surface area (Å²) < 4.78 is 33.0. The van der Waals surface area contributed by atoms with Crippen molar-refractivity contribution in [3.63, 3.8) is 0 Å². The maximum atomic E-state index is 12.6. The Hall–Kier alpha value is -2.85. The van der Waals surface area contributed by atoms with Gasteiger partial charge in [0, 0.05) is 30.5 Å². The smallest absolute Gasteiger partial charge is 0.475 e. The number of nitrogens with one attached hydrogen (secondary N) is 1. The first-order valence-corrected chi connectivity index (χ1v) is 9.70. The molecule has 0 bridgehead atoms. The van der Waals surface area contributed by atoms with Crippen LogP contribution in [0.2, 0.25) is 0 Å². The number of aliphatic carboxylic acids is 1. The standard InChI is InChI=1S/C18H21N3OS.C2HF3O2/c1-20(2)11-14-8-9-16(19-14)18(22)21(3)10-13-12-23-17-7-5-4-6-15(13)17;3-2(4,5)1(6)7/h4-9,12,19H,10-11H2,1-3H3;(H,6,7). The van der Waals surface area contributed by atoms with Gasteiger partial charge in [0.2, 0.25) is 0 Å². The van der Waals surface area contributed by atoms with Crippen molar-refractivity contribution in [2.45, 2.75) is 19.3 Å². The molecule has 6 nitrogen and oxygen atoms in total. The summed E-state index contributed by atoms with van der Waals surface area (Å²) in [5.74, 6) is -2.74. The highest BCUT2D eigenvalue weighted by atomic mass is 32.1. The van der Waals surface area contributed by atoms with E-state index in [0.717, 1.165) is 12.2 Å². The van der Waals surface area contributed by atoms with Crippen molar-refractivity contribution < 1.29 is 27.9 Å². The van der Waals surface area contributed by atoms with Gasteiger partial charge in [-0.15, -0.1) is 11.3 Å². The topological polar surface area (TPSA) is 76.6 Å². The van der Waals surface area contributed by atoms with Crippen LogP contribution in [0, 0.1) is 0 Å². The van der Waals surface area contributed by atoms with Crippen LogP contribution in [-0.2, 0) is 17.9 Å². The normalized spacial score (nSPS) is 11.3. The van der Waals surface area contributed by atoms with E-state index >= 15 is 0 Å². The third kappa shape index (κ3) is 6.33. The van der Waals surface area contributed by atoms with Gasteiger partial charge in [0.25, 0.3) is 5.91 Å². The van der Waals surface area contributed by atoms with Gasteiger partial charge in [-0.3, -0.25) is 4.79 Å². The number of halogens is 3. The maximum Gasteiger partial charge on any atom is 0.490 e. The molecule has 0 atom stereocenters. The number of rotatable bonds is 5. The first-order valence-electron chi connectivity index (χ1n) is 8.82. The zero-order chi connectivity index (χ0) is 22.5. The summed E-state index contributed by atoms with van der Waals surface area (Å²) in [4.78, 5) is 28.5. The number of hydrogen-bond acceptors (Lipinski definition) is 4. The summed E-state index contributed by atoms with van der Waals surface area (Å²) in [5.41, 5.74) is 2.89. The molecule has 0 aliphatic rings. The Morgan fingerprint density at radius 2 is 1.70 bits per heavy atom. The van der Waals surface area contributed by atoms with E-state index in [1.54, 1.807) is 16.2 Å². The van der Waals surface area contributed by atoms with Gasteiger partial charge in [0.05, 0.1) is 0 Å². The summed E-state index contributed by atoms with van der Waals surface area (Å²) in [6, 6.07) is 12.2. The Balaban J connectivity index is 0.000000396. The van der Waals surface area contributed by atoms with Crippen LogP contribution in [-0.4, -0.2) is 59.1 Å². The molecule has 0 aliphatic carbocycles. The molecule has 1 amide bonds. The lowest BCUT2D eigenvalue weighted by atomic mass is 10.1. The van der Waals surface area contributed by atoms with Crippen LogP contribution >= 0.6 is 11.3 Å². The minimum atomic E-state index is -5.08. The number of hydrogen-bond donors (Lipinski definition) is 2. The van der Waals surface area contributed by atoms with Crippen molar-refractivity contribution in [2.24, 2.45) is 0 Å². The first kappa shape index (κ1) is 23.4. The zero-order valence-electron chi connectivity index (χ0n) is 16.7. The molecular formula is C20H22F3N3O3S. The summed E-state index contributed by atoms with van der Waals surface area (Å²) in [6.45, 7) is 1.41. The van der Waals surface area contributed by atoms with Crippen LogP contribution in [0.1, 0.15) is 21.7 Å². The van der Waals surface area contributed by atoms with Gasteiger partial charge in [0.1, 0.15) is 5.69 Å². The Morgan fingerprint density at radius 3 is 2.30 bits per heavy atom. The number of aromatic nitrogens is 1. The fourth-order valence-corrected chi connectivity index (χ4v) is 3.64. The number of amides is 1. The van der Waals surface area contributed by atoms with E-state index in [1.165, 1.54) is 15.6 Å². The third-order valence-corrected chi connectivity index (χ3v) is 5.03. The van der Waals surface area contributed by atoms with E-state index in [1.807, 2.05) is 45.4 Å². The molecule has 30 heavy (non-hydrogen) atoms. The van der Waals surface area contributed by atoms with Gasteiger partial charge in [-0.1, -0.05) is 18.2 Å². The second-order valence-corrected chi connectivity index (χ2v) is 7.77. The molecule has 0 fully saturated rings. The highest BCUT2D eigenvalue weighted by molar-refractivity contribution is 7.17. The molecule has 0 spiro atoms. The molecule has 3 aromatic rings. The molecular weight excluding hydrogens is 419 g/mol. The zero-order valence-corrected chi connectivity index (χ0v) is 17.5. The van der Waals surface area contributed by atoms with Crippen LogP contribution in [0.4, 0.5) is 13.2 Å². The van der Waals surface area contributed by atoms with E-state index in [0.29, 0.717) is 12.2 Å². The lowest BCUT2D eigenvalue weighted by Crippen LogP contribution is -2.26. The van der Waals surface area contributed by atoms with Crippen molar-refractivity contribution in [1.82, 2.24) is 14.8 Å². The molecule has 2 aromatic heterocycles. The van der Waals surface area contributed by atoms with Gasteiger partial charge in [-0.2, -0.15) is 13.2 Å². The Bertz CT molecular complexity index is 1010. The second-order valence-electron chi connectivity index (χ2n) is 6.86. The molecule has 1 aromatic carbocycles. The highest BCUT2D eigenvalue weighted by Gasteiger charge is 2.38. The predicted octanol–water partition coefficient (Wildman–Crippen LogP) is 4.20. The van der Waals surface area contributed by atoms with Crippen molar-refractivity contribution in [2.75, 3.05) is 21.1 Å². The number of carboxylic acids is 1. The molecule has 10 heteroatoms. The van der Waals surface area contributed by atoms with Gasteiger partial charge >= 0.3 is 12.1 Å². The number of nitrogens with zero attached hydrogens (tertiary/aromatic N) is 2. The number of fused-ring (bicyclic) bond motifs is 1. The van der Waals surface area contributed by atoms with E-state index in [2.05, 4.69) is 27.4 Å². The highest BCUT2D eigenvalue weighted by Crippen LogP contribution is 2.26. The summed E-state index contributed by atoms with van der Waals surface area (Å²) in [6.07, 6.45) is -5.08. The average molecular weight is 441 g/mol. The summed E-state index contributed by atoms with van der Waals surface area (Å²) in [7, 11) is 5.87. The number of aromatic amines is 1. The Labute approximate surface area is 175 Å². The molecule has 0 saturated carbocycles. The SMILES string of the molecule is CN(C)Cc1ccc(C(=O)N(C)Cc2csc3ccccc23)[nH]1.O=C(O)C(F)(F)F. The van der Waals surface area contributed by atoms with E-state index in [-0.39, 0.29) is 5.91 Å².